The van der Waals surface area contributed by atoms with Crippen LogP contribution < -0.4 is 0 Å². The Morgan fingerprint density at radius 1 is 1.21 bits per heavy atom. The molecule has 3 rings (SSSR count). The first kappa shape index (κ1) is 12.6. The van der Waals surface area contributed by atoms with Crippen LogP contribution in [0.15, 0.2) is 24.3 Å². The summed E-state index contributed by atoms with van der Waals surface area (Å²) >= 11 is 0. The van der Waals surface area contributed by atoms with Crippen molar-refractivity contribution in [1.82, 2.24) is 9.80 Å². The van der Waals surface area contributed by atoms with Gasteiger partial charge in [0.2, 0.25) is 0 Å². The molecule has 2 atom stereocenters. The highest BCUT2D eigenvalue weighted by Crippen LogP contribution is 2.40. The molecule has 102 valence electrons. The Balaban J connectivity index is 1.89. The topological polar surface area (TPSA) is 43.8 Å². The van der Waals surface area contributed by atoms with Crippen molar-refractivity contribution in [3.05, 3.63) is 35.4 Å². The zero-order chi connectivity index (χ0) is 13.4. The van der Waals surface area contributed by atoms with Crippen molar-refractivity contribution in [3.8, 4) is 0 Å². The Morgan fingerprint density at radius 3 is 2.58 bits per heavy atom. The molecule has 1 unspecified atom stereocenters. The summed E-state index contributed by atoms with van der Waals surface area (Å²) in [7, 11) is 2.12. The second kappa shape index (κ2) is 4.94. The third-order valence-electron chi connectivity index (χ3n) is 4.44. The highest BCUT2D eigenvalue weighted by Gasteiger charge is 2.41. The van der Waals surface area contributed by atoms with Crippen molar-refractivity contribution in [2.75, 3.05) is 33.2 Å². The second-order valence-corrected chi connectivity index (χ2v) is 5.63. The van der Waals surface area contributed by atoms with E-state index >= 15 is 0 Å². The fourth-order valence-corrected chi connectivity index (χ4v) is 3.35. The van der Waals surface area contributed by atoms with E-state index < -0.39 is 5.97 Å². The van der Waals surface area contributed by atoms with Crippen molar-refractivity contribution in [2.24, 2.45) is 5.92 Å². The number of nitrogens with zero attached hydrogens (tertiary/aromatic N) is 2. The van der Waals surface area contributed by atoms with Gasteiger partial charge in [0.1, 0.15) is 0 Å². The molecule has 1 fully saturated rings. The summed E-state index contributed by atoms with van der Waals surface area (Å²) in [6.45, 7) is 3.95. The molecule has 1 heterocycles. The van der Waals surface area contributed by atoms with Gasteiger partial charge in [0.15, 0.2) is 0 Å². The molecule has 0 radical (unpaired) electrons. The fraction of sp³-hybridized carbons (Fsp3) is 0.533. The molecule has 19 heavy (non-hydrogen) atoms. The summed E-state index contributed by atoms with van der Waals surface area (Å²) in [6.07, 6.45) is 0.669. The molecule has 1 aliphatic carbocycles. The Kier molecular flexibility index (Phi) is 3.29. The molecule has 0 bridgehead atoms. The monoisotopic (exact) mass is 260 g/mol. The number of hydrogen-bond acceptors (Lipinski definition) is 3. The van der Waals surface area contributed by atoms with E-state index in [1.54, 1.807) is 0 Å². The normalized spacial score (nSPS) is 28.3. The molecule has 4 nitrogen and oxygen atoms in total. The van der Waals surface area contributed by atoms with Crippen molar-refractivity contribution in [2.45, 2.75) is 12.5 Å². The standard InChI is InChI=1S/C15H20N2O2/c1-16-6-8-17(9-7-16)14-12-5-3-2-4-11(12)10-13(14)15(18)19/h2-5,13-14H,6-10H2,1H3,(H,18,19)/t13?,14-/m0/s1. The van der Waals surface area contributed by atoms with Gasteiger partial charge in [-0.05, 0) is 24.6 Å². The van der Waals surface area contributed by atoms with Crippen LogP contribution in [0.4, 0.5) is 0 Å². The maximum absolute atomic E-state index is 11.6. The van der Waals surface area contributed by atoms with Gasteiger partial charge in [0, 0.05) is 32.2 Å². The number of fused-ring (bicyclic) bond motifs is 1. The molecule has 0 aromatic heterocycles. The lowest BCUT2D eigenvalue weighted by Gasteiger charge is -2.38. The van der Waals surface area contributed by atoms with Gasteiger partial charge < -0.3 is 10.0 Å². The predicted molar refractivity (Wildman–Crippen MR) is 73.1 cm³/mol. The quantitative estimate of drug-likeness (QED) is 0.868. The number of carbonyl (C=O) groups is 1. The van der Waals surface area contributed by atoms with E-state index in [0.29, 0.717) is 6.42 Å². The average molecular weight is 260 g/mol. The lowest BCUT2D eigenvalue weighted by atomic mass is 9.98. The van der Waals surface area contributed by atoms with E-state index in [1.807, 2.05) is 12.1 Å². The van der Waals surface area contributed by atoms with Crippen LogP contribution >= 0.6 is 0 Å². The first-order valence-electron chi connectivity index (χ1n) is 6.90. The Labute approximate surface area is 113 Å². The fourth-order valence-electron chi connectivity index (χ4n) is 3.35. The minimum absolute atomic E-state index is 0.0578. The summed E-state index contributed by atoms with van der Waals surface area (Å²) in [6, 6.07) is 8.25. The number of benzene rings is 1. The summed E-state index contributed by atoms with van der Waals surface area (Å²) < 4.78 is 0. The van der Waals surface area contributed by atoms with E-state index in [-0.39, 0.29) is 12.0 Å². The molecule has 0 spiro atoms. The van der Waals surface area contributed by atoms with Gasteiger partial charge >= 0.3 is 5.97 Å². The Hall–Kier alpha value is -1.39. The van der Waals surface area contributed by atoms with Crippen LogP contribution in [0.2, 0.25) is 0 Å². The largest absolute Gasteiger partial charge is 0.481 e. The predicted octanol–water partition coefficient (Wildman–Crippen LogP) is 1.23. The molecule has 1 N–H and O–H groups in total. The van der Waals surface area contributed by atoms with Crippen LogP contribution in [0.25, 0.3) is 0 Å². The number of aliphatic carboxylic acids is 1. The minimum Gasteiger partial charge on any atom is -0.481 e. The van der Waals surface area contributed by atoms with E-state index in [1.165, 1.54) is 11.1 Å². The van der Waals surface area contributed by atoms with Gasteiger partial charge in [0.05, 0.1) is 5.92 Å². The Morgan fingerprint density at radius 2 is 1.89 bits per heavy atom. The number of carboxylic acid groups (broad SMARTS) is 1. The van der Waals surface area contributed by atoms with Gasteiger partial charge in [0.25, 0.3) is 0 Å². The van der Waals surface area contributed by atoms with Gasteiger partial charge in [-0.1, -0.05) is 24.3 Å². The SMILES string of the molecule is CN1CCN([C@H]2c3ccccc3CC2C(=O)O)CC1. The third-order valence-corrected chi connectivity index (χ3v) is 4.44. The molecular weight excluding hydrogens is 240 g/mol. The van der Waals surface area contributed by atoms with Crippen LogP contribution in [0, 0.1) is 5.92 Å². The molecule has 1 aromatic carbocycles. The molecule has 1 aliphatic heterocycles. The maximum atomic E-state index is 11.6. The van der Waals surface area contributed by atoms with Crippen LogP contribution in [0.5, 0.6) is 0 Å². The highest BCUT2D eigenvalue weighted by atomic mass is 16.4. The highest BCUT2D eigenvalue weighted by molar-refractivity contribution is 5.73. The number of piperazine rings is 1. The zero-order valence-corrected chi connectivity index (χ0v) is 11.2. The Bertz CT molecular complexity index is 481. The minimum atomic E-state index is -0.667. The summed E-state index contributed by atoms with van der Waals surface area (Å²) in [5.41, 5.74) is 2.43. The number of likely N-dealkylation sites (N-methyl/N-ethyl adjacent to an activating group) is 1. The van der Waals surface area contributed by atoms with Crippen molar-refractivity contribution >= 4 is 5.97 Å². The number of carboxylic acids is 1. The lowest BCUT2D eigenvalue weighted by molar-refractivity contribution is -0.144. The second-order valence-electron chi connectivity index (χ2n) is 5.63. The van der Waals surface area contributed by atoms with E-state index in [2.05, 4.69) is 29.0 Å². The first-order valence-corrected chi connectivity index (χ1v) is 6.90. The number of hydrogen-bond donors (Lipinski definition) is 1. The van der Waals surface area contributed by atoms with Gasteiger partial charge in [-0.15, -0.1) is 0 Å². The molecule has 1 saturated heterocycles. The number of rotatable bonds is 2. The molecular formula is C15H20N2O2. The molecule has 0 saturated carbocycles. The van der Waals surface area contributed by atoms with Crippen LogP contribution in [-0.4, -0.2) is 54.1 Å². The molecule has 2 aliphatic rings. The summed E-state index contributed by atoms with van der Waals surface area (Å²) in [5, 5.41) is 9.50. The summed E-state index contributed by atoms with van der Waals surface area (Å²) in [5.74, 6) is -0.957. The smallest absolute Gasteiger partial charge is 0.308 e. The van der Waals surface area contributed by atoms with Crippen LogP contribution in [0.1, 0.15) is 17.2 Å². The van der Waals surface area contributed by atoms with Gasteiger partial charge in [-0.25, -0.2) is 0 Å². The van der Waals surface area contributed by atoms with E-state index in [4.69, 9.17) is 0 Å². The third kappa shape index (κ3) is 2.26. The average Bonchev–Trinajstić information content (AvgIpc) is 2.79. The lowest BCUT2D eigenvalue weighted by Crippen LogP contribution is -2.47. The zero-order valence-electron chi connectivity index (χ0n) is 11.2. The molecule has 0 amide bonds. The van der Waals surface area contributed by atoms with Crippen molar-refractivity contribution in [3.63, 3.8) is 0 Å². The van der Waals surface area contributed by atoms with Gasteiger partial charge in [-0.2, -0.15) is 0 Å². The molecule has 1 aromatic rings. The molecule has 4 heteroatoms. The van der Waals surface area contributed by atoms with E-state index in [9.17, 15) is 9.90 Å². The van der Waals surface area contributed by atoms with Crippen molar-refractivity contribution < 1.29 is 9.90 Å². The van der Waals surface area contributed by atoms with Crippen LogP contribution in [0.3, 0.4) is 0 Å². The van der Waals surface area contributed by atoms with Crippen molar-refractivity contribution in [1.29, 1.82) is 0 Å². The van der Waals surface area contributed by atoms with Gasteiger partial charge in [-0.3, -0.25) is 9.69 Å². The van der Waals surface area contributed by atoms with E-state index in [0.717, 1.165) is 26.2 Å². The maximum Gasteiger partial charge on any atom is 0.308 e. The van der Waals surface area contributed by atoms with Crippen LogP contribution in [-0.2, 0) is 11.2 Å². The first-order chi connectivity index (χ1) is 9.16. The summed E-state index contributed by atoms with van der Waals surface area (Å²) in [4.78, 5) is 16.2.